The zero-order valence-electron chi connectivity index (χ0n) is 35.6. The van der Waals surface area contributed by atoms with Crippen molar-refractivity contribution in [2.45, 2.75) is 117 Å². The van der Waals surface area contributed by atoms with Gasteiger partial charge in [0.2, 0.25) is 0 Å². The molecule has 386 valence electrons. The Kier molecular flexibility index (Phi) is 20.3. The average Bonchev–Trinajstić information content (AvgIpc) is 3.20. The van der Waals surface area contributed by atoms with Gasteiger partial charge >= 0.3 is 43.0 Å². The molecular weight excluding hydrogens is 969 g/mol. The molecule has 0 aromatic carbocycles. The Morgan fingerprint density at radius 3 is 1.73 bits per heavy atom. The van der Waals surface area contributed by atoms with Crippen LogP contribution in [0, 0.1) is 17.8 Å². The van der Waals surface area contributed by atoms with E-state index in [2.05, 4.69) is 8.37 Å². The molecular formula is C33H58N2O28S3. The number of carboxylic acid groups (broad SMARTS) is 2. The lowest BCUT2D eigenvalue weighted by molar-refractivity contribution is -0.248. The smallest absolute Gasteiger partial charge is 0.397 e. The summed E-state index contributed by atoms with van der Waals surface area (Å²) in [6, 6.07) is -2.80. The van der Waals surface area contributed by atoms with E-state index in [1.807, 2.05) is 0 Å². The summed E-state index contributed by atoms with van der Waals surface area (Å²) in [6.07, 6.45) is -24.1. The molecule has 33 heteroatoms. The first-order chi connectivity index (χ1) is 30.6. The van der Waals surface area contributed by atoms with Crippen molar-refractivity contribution in [3.63, 3.8) is 0 Å². The minimum atomic E-state index is -5.36. The number of nitrogens with two attached hydrogens (primary N) is 1. The van der Waals surface area contributed by atoms with E-state index in [1.54, 1.807) is 11.6 Å². The van der Waals surface area contributed by atoms with Crippen molar-refractivity contribution < 1.29 is 130 Å². The lowest BCUT2D eigenvalue weighted by Gasteiger charge is -2.46. The Labute approximate surface area is 378 Å². The normalized spacial score (nSPS) is 40.5. The van der Waals surface area contributed by atoms with Crippen molar-refractivity contribution in [2.24, 2.45) is 23.5 Å². The highest BCUT2D eigenvalue weighted by Gasteiger charge is 2.53. The van der Waals surface area contributed by atoms with Gasteiger partial charge in [0.1, 0.15) is 36.6 Å². The average molecular weight is 1030 g/mol. The summed E-state index contributed by atoms with van der Waals surface area (Å²) in [4.78, 5) is 24.4. The first kappa shape index (κ1) is 56.6. The van der Waals surface area contributed by atoms with E-state index in [-0.39, 0.29) is 19.8 Å². The summed E-state index contributed by atoms with van der Waals surface area (Å²) in [5.74, 6) is -6.56. The van der Waals surface area contributed by atoms with E-state index in [4.69, 9.17) is 48.4 Å². The Hall–Kier alpha value is -2.01. The fourth-order valence-electron chi connectivity index (χ4n) is 8.19. The molecule has 4 heterocycles. The van der Waals surface area contributed by atoms with E-state index in [0.29, 0.717) is 0 Å². The lowest BCUT2D eigenvalue weighted by Crippen LogP contribution is -2.65. The maximum absolute atomic E-state index is 12.5. The highest BCUT2D eigenvalue weighted by Crippen LogP contribution is 2.34. The Morgan fingerprint density at radius 1 is 0.606 bits per heavy atom. The van der Waals surface area contributed by atoms with Gasteiger partial charge in [0.05, 0.1) is 101 Å². The summed E-state index contributed by atoms with van der Waals surface area (Å²) in [7, 11) is -13.5. The van der Waals surface area contributed by atoms with Gasteiger partial charge in [-0.2, -0.15) is 30.0 Å². The van der Waals surface area contributed by atoms with Crippen LogP contribution in [0.15, 0.2) is 0 Å². The number of carbonyl (C=O) groups is 2. The van der Waals surface area contributed by atoms with Crippen LogP contribution in [0.5, 0.6) is 0 Å². The Morgan fingerprint density at radius 2 is 1.18 bits per heavy atom. The second-order valence-electron chi connectivity index (χ2n) is 16.0. The summed E-state index contributed by atoms with van der Waals surface area (Å²) in [6.45, 7) is -1.04. The number of nitrogens with one attached hydrogen (secondary N) is 1. The number of methoxy groups -OCH3 is 2. The van der Waals surface area contributed by atoms with Crippen molar-refractivity contribution in [3.8, 4) is 0 Å². The van der Waals surface area contributed by atoms with Crippen molar-refractivity contribution in [3.05, 3.63) is 0 Å². The van der Waals surface area contributed by atoms with Crippen LogP contribution in [0.25, 0.3) is 0 Å². The number of ether oxygens (including phenoxy) is 9. The van der Waals surface area contributed by atoms with E-state index in [0.717, 1.165) is 7.11 Å². The van der Waals surface area contributed by atoms with Crippen molar-refractivity contribution in [1.82, 2.24) is 4.72 Å². The van der Waals surface area contributed by atoms with E-state index in [9.17, 15) is 79.1 Å². The molecule has 4 rings (SSSR count). The minimum Gasteiger partial charge on any atom is -0.479 e. The molecule has 20 atom stereocenters. The number of aliphatic carboxylic acids is 2. The standard InChI is InChI=1S/C33H58N2O28S3/c1-12-16(8-55-5-14-13(2)59-18(7-53-3)21(34)24(14)37)61-31(33(42)43)29(23(12)36)57-10-19-22(35-64(44,45)46)25(38)15(17(60-19)11-58-65(47,48)49)6-56-9-20-27(63-66(50,51)52)26(39)28(54-4)30(62-20)32(40)41/h12-31,35-39H,5-11,34H2,1-4H3,(H,40,41)(H,42,43)(H,44,45,46)(H,47,48,49)(H,50,51,52)/t12?,13?,14-,15-,16-,17?,18-,19-,20-,21?,22?,23+,24-,25-,26+,27?,28+,29+,30?,31?/m0/s1. The van der Waals surface area contributed by atoms with Crippen LogP contribution < -0.4 is 10.5 Å². The van der Waals surface area contributed by atoms with Crippen LogP contribution in [0.1, 0.15) is 13.8 Å². The monoisotopic (exact) mass is 1030 g/mol. The fourth-order valence-corrected chi connectivity index (χ4v) is 9.65. The van der Waals surface area contributed by atoms with Gasteiger partial charge in [-0.15, -0.1) is 0 Å². The number of carboxylic acids is 2. The molecule has 4 aliphatic heterocycles. The number of aliphatic hydroxyl groups excluding tert-OH is 4. The first-order valence-electron chi connectivity index (χ1n) is 19.9. The number of rotatable bonds is 23. The molecule has 0 radical (unpaired) electrons. The molecule has 12 N–H and O–H groups in total. The highest BCUT2D eigenvalue weighted by molar-refractivity contribution is 7.83. The minimum absolute atomic E-state index is 0.117. The zero-order valence-corrected chi connectivity index (χ0v) is 38.0. The second-order valence-corrected chi connectivity index (χ2v) is 19.4. The van der Waals surface area contributed by atoms with Gasteiger partial charge in [-0.05, 0) is 6.92 Å². The Bertz CT molecular complexity index is 1930. The fraction of sp³-hybridized carbons (Fsp3) is 0.939. The number of hydrogen-bond acceptors (Lipinski definition) is 24. The van der Waals surface area contributed by atoms with E-state index in [1.165, 1.54) is 14.0 Å². The van der Waals surface area contributed by atoms with Crippen LogP contribution in [-0.2, 0) is 91.7 Å². The van der Waals surface area contributed by atoms with Gasteiger partial charge in [0, 0.05) is 32.0 Å². The van der Waals surface area contributed by atoms with Crippen LogP contribution in [0.2, 0.25) is 0 Å². The van der Waals surface area contributed by atoms with Crippen LogP contribution in [-0.4, -0.2) is 246 Å². The van der Waals surface area contributed by atoms with Crippen LogP contribution >= 0.6 is 0 Å². The zero-order chi connectivity index (χ0) is 49.6. The first-order valence-corrected chi connectivity index (χ1v) is 24.1. The molecule has 0 aliphatic carbocycles. The molecule has 4 aliphatic rings. The molecule has 66 heavy (non-hydrogen) atoms. The molecule has 8 unspecified atom stereocenters. The third kappa shape index (κ3) is 15.0. The van der Waals surface area contributed by atoms with E-state index >= 15 is 0 Å². The van der Waals surface area contributed by atoms with Gasteiger partial charge in [-0.1, -0.05) is 6.92 Å². The highest BCUT2D eigenvalue weighted by atomic mass is 32.3. The molecule has 4 saturated heterocycles. The molecule has 0 aromatic rings. The summed E-state index contributed by atoms with van der Waals surface area (Å²) in [5.41, 5.74) is 6.13. The summed E-state index contributed by atoms with van der Waals surface area (Å²) >= 11 is 0. The van der Waals surface area contributed by atoms with Crippen LogP contribution in [0.3, 0.4) is 0 Å². The molecule has 0 bridgehead atoms. The third-order valence-electron chi connectivity index (χ3n) is 11.7. The van der Waals surface area contributed by atoms with Gasteiger partial charge in [-0.3, -0.25) is 13.7 Å². The third-order valence-corrected chi connectivity index (χ3v) is 13.1. The van der Waals surface area contributed by atoms with Gasteiger partial charge in [-0.25, -0.2) is 18.0 Å². The van der Waals surface area contributed by atoms with E-state index < -0.39 is 191 Å². The molecule has 0 amide bonds. The van der Waals surface area contributed by atoms with Crippen molar-refractivity contribution in [2.75, 3.05) is 60.5 Å². The van der Waals surface area contributed by atoms with Crippen molar-refractivity contribution >= 4 is 43.0 Å². The molecule has 30 nitrogen and oxygen atoms in total. The molecule has 0 spiro atoms. The quantitative estimate of drug-likeness (QED) is 0.0424. The van der Waals surface area contributed by atoms with Gasteiger partial charge in [0.25, 0.3) is 0 Å². The second kappa shape index (κ2) is 23.7. The maximum Gasteiger partial charge on any atom is 0.397 e. The Balaban J connectivity index is 1.51. The van der Waals surface area contributed by atoms with Gasteiger partial charge < -0.3 is 79.0 Å². The largest absolute Gasteiger partial charge is 0.479 e. The molecule has 0 saturated carbocycles. The summed E-state index contributed by atoms with van der Waals surface area (Å²) < 4.78 is 160. The summed E-state index contributed by atoms with van der Waals surface area (Å²) in [5, 5.41) is 64.2. The van der Waals surface area contributed by atoms with Gasteiger partial charge in [0.15, 0.2) is 12.2 Å². The SMILES string of the molecule is COC[C@@H]1OC(C)[C@H](COC[C@@H]2OC(C(=O)O)[C@H](OC[C@@H]3OC(COS(=O)(=O)O)[C@H](COC[C@@H]4OC(C(=O)O)[C@H](OC)[C@H](O)C4OS(=O)(=O)O)[C@H](O)C3NS(=O)(=O)O)[C@H](O)C2C)[C@H](O)C1N. The molecule has 0 aromatic heterocycles. The van der Waals surface area contributed by atoms with Crippen LogP contribution in [0.4, 0.5) is 0 Å². The lowest BCUT2D eigenvalue weighted by atomic mass is 9.85. The molecule has 4 fully saturated rings. The predicted molar refractivity (Wildman–Crippen MR) is 210 cm³/mol. The maximum atomic E-state index is 12.5. The topological polar surface area (TPSA) is 458 Å². The number of aliphatic hydroxyl groups is 4. The number of hydrogen-bond donors (Lipinski definition) is 11. The predicted octanol–water partition coefficient (Wildman–Crippen LogP) is -6.27. The van der Waals surface area contributed by atoms with Crippen molar-refractivity contribution in [1.29, 1.82) is 0 Å².